The molecule has 3 unspecified atom stereocenters. The largest absolute Gasteiger partial charge is 0.394 e. The van der Waals surface area contributed by atoms with Crippen molar-refractivity contribution in [1.82, 2.24) is 5.32 Å². The molecule has 0 saturated heterocycles. The second-order valence-corrected chi connectivity index (χ2v) is 17.0. The van der Waals surface area contributed by atoms with Gasteiger partial charge in [-0.2, -0.15) is 0 Å². The Labute approximate surface area is 360 Å². The van der Waals surface area contributed by atoms with Gasteiger partial charge in [0.2, 0.25) is 5.91 Å². The van der Waals surface area contributed by atoms with Gasteiger partial charge in [-0.25, -0.2) is 0 Å². The van der Waals surface area contributed by atoms with Gasteiger partial charge in [-0.3, -0.25) is 4.79 Å². The van der Waals surface area contributed by atoms with Crippen molar-refractivity contribution in [3.8, 4) is 0 Å². The Morgan fingerprint density at radius 1 is 0.431 bits per heavy atom. The van der Waals surface area contributed by atoms with Crippen LogP contribution in [0.5, 0.6) is 0 Å². The molecule has 5 heteroatoms. The molecule has 0 spiro atoms. The Bertz CT molecular complexity index is 985. The molecule has 0 aliphatic heterocycles. The van der Waals surface area contributed by atoms with E-state index in [1.165, 1.54) is 173 Å². The zero-order valence-corrected chi connectivity index (χ0v) is 38.4. The zero-order chi connectivity index (χ0) is 42.3. The number of hydrogen-bond donors (Lipinski definition) is 4. The first kappa shape index (κ1) is 56.0. The molecule has 58 heavy (non-hydrogen) atoms. The molecule has 0 radical (unpaired) electrons. The third kappa shape index (κ3) is 42.2. The van der Waals surface area contributed by atoms with E-state index in [0.717, 1.165) is 51.4 Å². The number of carbonyl (C=O) groups excluding carboxylic acids is 1. The van der Waals surface area contributed by atoms with Crippen molar-refractivity contribution < 1.29 is 20.1 Å². The number of amides is 1. The van der Waals surface area contributed by atoms with Gasteiger partial charge in [-0.1, -0.05) is 229 Å². The average molecular weight is 812 g/mol. The predicted molar refractivity (Wildman–Crippen MR) is 254 cm³/mol. The number of hydrogen-bond acceptors (Lipinski definition) is 4. The van der Waals surface area contributed by atoms with Crippen LogP contribution in [0.25, 0.3) is 0 Å². The van der Waals surface area contributed by atoms with Gasteiger partial charge in [0.25, 0.3) is 0 Å². The summed E-state index contributed by atoms with van der Waals surface area (Å²) < 4.78 is 0. The highest BCUT2D eigenvalue weighted by Crippen LogP contribution is 2.15. The fourth-order valence-electron chi connectivity index (χ4n) is 7.36. The lowest BCUT2D eigenvalue weighted by Crippen LogP contribution is -2.48. The van der Waals surface area contributed by atoms with E-state index in [-0.39, 0.29) is 6.61 Å². The average Bonchev–Trinajstić information content (AvgIpc) is 3.23. The number of allylic oxidation sites excluding steroid dienone is 9. The van der Waals surface area contributed by atoms with Crippen molar-refractivity contribution in [3.63, 3.8) is 0 Å². The highest BCUT2D eigenvalue weighted by atomic mass is 16.3. The molecule has 0 bridgehead atoms. The normalized spacial score (nSPS) is 13.9. The van der Waals surface area contributed by atoms with Gasteiger partial charge < -0.3 is 20.6 Å². The summed E-state index contributed by atoms with van der Waals surface area (Å²) >= 11 is 0. The van der Waals surface area contributed by atoms with Crippen molar-refractivity contribution in [1.29, 1.82) is 0 Å². The molecule has 0 saturated carbocycles. The van der Waals surface area contributed by atoms with Gasteiger partial charge in [0, 0.05) is 0 Å². The summed E-state index contributed by atoms with van der Waals surface area (Å²) in [5.41, 5.74) is 0. The van der Waals surface area contributed by atoms with Gasteiger partial charge in [-0.15, -0.1) is 0 Å². The molecule has 0 rings (SSSR count). The minimum Gasteiger partial charge on any atom is -0.394 e. The molecule has 0 aromatic heterocycles. The second kappa shape index (κ2) is 47.7. The molecule has 0 aromatic rings. The van der Waals surface area contributed by atoms with E-state index in [4.69, 9.17) is 0 Å². The fraction of sp³-hybridized carbons (Fsp3) is 0.792. The third-order valence-electron chi connectivity index (χ3n) is 11.3. The molecule has 1 amide bonds. The molecular formula is C53H97NO4. The van der Waals surface area contributed by atoms with Gasteiger partial charge in [0.15, 0.2) is 0 Å². The summed E-state index contributed by atoms with van der Waals surface area (Å²) in [4.78, 5) is 12.5. The van der Waals surface area contributed by atoms with E-state index < -0.39 is 24.2 Å². The van der Waals surface area contributed by atoms with Crippen LogP contribution in [0.4, 0.5) is 0 Å². The SMILES string of the molecule is CCCCCCCC/C=C/CC/C=C/CC/C=C/C(O)C(CO)NC(=O)C(O)CCCCCCCCCCCCCC/C=C\C/C=C\CCCCCCCCCCC. The van der Waals surface area contributed by atoms with Gasteiger partial charge in [0.05, 0.1) is 18.8 Å². The van der Waals surface area contributed by atoms with Crippen LogP contribution in [-0.2, 0) is 4.79 Å². The standard InChI is InChI=1S/C53H97NO4/c1-3-5-7-9-11-13-15-17-19-21-22-23-24-25-26-27-28-29-30-31-32-34-36-38-40-42-44-46-48-52(57)53(58)54-50(49-55)51(56)47-45-43-41-39-37-35-33-20-18-16-14-12-10-8-6-4-2/h18,20,22-23,25-26,37,39,45,47,50-52,55-57H,3-17,19,21,24,27-36,38,40-44,46,48-49H2,1-2H3,(H,54,58)/b20-18+,23-22-,26-25-,39-37+,47-45+. The van der Waals surface area contributed by atoms with E-state index in [9.17, 15) is 20.1 Å². The van der Waals surface area contributed by atoms with Crippen molar-refractivity contribution in [2.45, 2.75) is 263 Å². The molecule has 0 aromatic carbocycles. The van der Waals surface area contributed by atoms with Crippen molar-refractivity contribution in [3.05, 3.63) is 60.8 Å². The summed E-state index contributed by atoms with van der Waals surface area (Å²) in [7, 11) is 0. The monoisotopic (exact) mass is 812 g/mol. The highest BCUT2D eigenvalue weighted by molar-refractivity contribution is 5.80. The molecule has 5 nitrogen and oxygen atoms in total. The summed E-state index contributed by atoms with van der Waals surface area (Å²) in [6.07, 6.45) is 64.2. The van der Waals surface area contributed by atoms with Crippen molar-refractivity contribution in [2.75, 3.05) is 6.61 Å². The van der Waals surface area contributed by atoms with Crippen molar-refractivity contribution >= 4 is 5.91 Å². The maximum atomic E-state index is 12.5. The molecule has 0 heterocycles. The number of aliphatic hydroxyl groups excluding tert-OH is 3. The summed E-state index contributed by atoms with van der Waals surface area (Å²) in [5.74, 6) is -0.519. The van der Waals surface area contributed by atoms with E-state index in [1.54, 1.807) is 6.08 Å². The second-order valence-electron chi connectivity index (χ2n) is 17.0. The topological polar surface area (TPSA) is 89.8 Å². The molecule has 338 valence electrons. The van der Waals surface area contributed by atoms with E-state index in [0.29, 0.717) is 6.42 Å². The summed E-state index contributed by atoms with van der Waals surface area (Å²) in [6.45, 7) is 4.16. The molecular weight excluding hydrogens is 715 g/mol. The van der Waals surface area contributed by atoms with Crippen LogP contribution in [-0.4, -0.2) is 46.1 Å². The third-order valence-corrected chi connectivity index (χ3v) is 11.3. The number of nitrogens with one attached hydrogen (secondary N) is 1. The lowest BCUT2D eigenvalue weighted by atomic mass is 10.0. The minimum absolute atomic E-state index is 0.383. The van der Waals surface area contributed by atoms with Crippen LogP contribution in [0.3, 0.4) is 0 Å². The minimum atomic E-state index is -1.11. The van der Waals surface area contributed by atoms with Crippen LogP contribution in [0.1, 0.15) is 245 Å². The molecule has 3 atom stereocenters. The summed E-state index contributed by atoms with van der Waals surface area (Å²) in [6, 6.07) is -0.823. The molecule has 4 N–H and O–H groups in total. The quantitative estimate of drug-likeness (QED) is 0.0364. The number of rotatable bonds is 45. The lowest BCUT2D eigenvalue weighted by Gasteiger charge is -2.21. The van der Waals surface area contributed by atoms with E-state index >= 15 is 0 Å². The molecule has 0 fully saturated rings. The van der Waals surface area contributed by atoms with Gasteiger partial charge in [0.1, 0.15) is 6.10 Å². The van der Waals surface area contributed by atoms with Crippen LogP contribution in [0.2, 0.25) is 0 Å². The Morgan fingerprint density at radius 3 is 1.16 bits per heavy atom. The predicted octanol–water partition coefficient (Wildman–Crippen LogP) is 15.0. The molecule has 0 aliphatic carbocycles. The van der Waals surface area contributed by atoms with Crippen LogP contribution >= 0.6 is 0 Å². The first-order valence-corrected chi connectivity index (χ1v) is 25.1. The van der Waals surface area contributed by atoms with E-state index in [2.05, 4.69) is 67.8 Å². The first-order valence-electron chi connectivity index (χ1n) is 25.1. The Balaban J connectivity index is 3.65. The van der Waals surface area contributed by atoms with Crippen LogP contribution in [0, 0.1) is 0 Å². The van der Waals surface area contributed by atoms with Gasteiger partial charge in [-0.05, 0) is 77.0 Å². The zero-order valence-electron chi connectivity index (χ0n) is 38.4. The number of aliphatic hydroxyl groups is 3. The lowest BCUT2D eigenvalue weighted by molar-refractivity contribution is -0.131. The Kier molecular flexibility index (Phi) is 46.1. The summed E-state index contributed by atoms with van der Waals surface area (Å²) in [5, 5.41) is 33.2. The van der Waals surface area contributed by atoms with Crippen LogP contribution in [0.15, 0.2) is 60.8 Å². The first-order chi connectivity index (χ1) is 28.6. The Hall–Kier alpha value is -1.95. The fourth-order valence-corrected chi connectivity index (χ4v) is 7.36. The Morgan fingerprint density at radius 2 is 0.759 bits per heavy atom. The number of unbranched alkanes of at least 4 members (excludes halogenated alkanes) is 29. The smallest absolute Gasteiger partial charge is 0.249 e. The van der Waals surface area contributed by atoms with Gasteiger partial charge >= 0.3 is 0 Å². The van der Waals surface area contributed by atoms with Crippen molar-refractivity contribution in [2.24, 2.45) is 0 Å². The van der Waals surface area contributed by atoms with E-state index in [1.807, 2.05) is 6.08 Å². The maximum absolute atomic E-state index is 12.5. The highest BCUT2D eigenvalue weighted by Gasteiger charge is 2.22. The maximum Gasteiger partial charge on any atom is 0.249 e. The van der Waals surface area contributed by atoms with Crippen LogP contribution < -0.4 is 5.32 Å². The number of carbonyl (C=O) groups is 1. The molecule has 0 aliphatic rings.